The van der Waals surface area contributed by atoms with Crippen LogP contribution in [0, 0.1) is 11.8 Å². The minimum absolute atomic E-state index is 0.0269. The third-order valence-corrected chi connectivity index (χ3v) is 5.82. The molecule has 1 aliphatic rings. The Hall–Kier alpha value is -2.24. The highest BCUT2D eigenvalue weighted by Crippen LogP contribution is 2.29. The Balaban J connectivity index is 1.68. The highest BCUT2D eigenvalue weighted by atomic mass is 16.5. The molecular formula is C22H34N2O4. The summed E-state index contributed by atoms with van der Waals surface area (Å²) in [6.07, 6.45) is 4.57. The molecule has 1 saturated carbocycles. The zero-order chi connectivity index (χ0) is 20.5. The molecule has 0 spiro atoms. The quantitative estimate of drug-likeness (QED) is 0.679. The first-order valence-electron chi connectivity index (χ1n) is 10.2. The second kappa shape index (κ2) is 10.9. The minimum Gasteiger partial charge on any atom is -0.493 e. The van der Waals surface area contributed by atoms with Gasteiger partial charge in [-0.2, -0.15) is 0 Å². The van der Waals surface area contributed by atoms with E-state index in [-0.39, 0.29) is 30.7 Å². The van der Waals surface area contributed by atoms with Crippen LogP contribution in [-0.2, 0) is 16.0 Å². The Bertz CT molecular complexity index is 662. The summed E-state index contributed by atoms with van der Waals surface area (Å²) in [6.45, 7) is 4.97. The standard InChI is InChI=1S/C22H34N2O4/c1-15-6-5-7-18(16(15)2)24-22(26)11-10-21(25)23-13-12-17-8-9-19(27-3)20(14-17)28-4/h8-9,14-16,18H,5-7,10-13H2,1-4H3,(H,23,25)(H,24,26)/t15-,16+,18-/m1/s1. The molecule has 0 aromatic heterocycles. The van der Waals surface area contributed by atoms with Crippen molar-refractivity contribution in [3.63, 3.8) is 0 Å². The zero-order valence-electron chi connectivity index (χ0n) is 17.5. The molecule has 3 atom stereocenters. The van der Waals surface area contributed by atoms with E-state index in [0.29, 0.717) is 36.3 Å². The van der Waals surface area contributed by atoms with Gasteiger partial charge >= 0.3 is 0 Å². The molecule has 156 valence electrons. The molecule has 1 aliphatic carbocycles. The van der Waals surface area contributed by atoms with Crippen molar-refractivity contribution < 1.29 is 19.1 Å². The first-order chi connectivity index (χ1) is 13.4. The maximum absolute atomic E-state index is 12.2. The summed E-state index contributed by atoms with van der Waals surface area (Å²) in [4.78, 5) is 24.2. The summed E-state index contributed by atoms with van der Waals surface area (Å²) in [5.74, 6) is 2.37. The molecular weight excluding hydrogens is 356 g/mol. The zero-order valence-corrected chi connectivity index (χ0v) is 17.5. The molecule has 2 rings (SSSR count). The lowest BCUT2D eigenvalue weighted by molar-refractivity contribution is -0.127. The van der Waals surface area contributed by atoms with Crippen LogP contribution >= 0.6 is 0 Å². The van der Waals surface area contributed by atoms with Crippen molar-refractivity contribution in [3.8, 4) is 11.5 Å². The fraction of sp³-hybridized carbons (Fsp3) is 0.636. The van der Waals surface area contributed by atoms with Crippen LogP contribution in [0.5, 0.6) is 11.5 Å². The average molecular weight is 391 g/mol. The second-order valence-corrected chi connectivity index (χ2v) is 7.73. The van der Waals surface area contributed by atoms with E-state index in [1.807, 2.05) is 18.2 Å². The summed E-state index contributed by atoms with van der Waals surface area (Å²) in [5.41, 5.74) is 1.05. The summed E-state index contributed by atoms with van der Waals surface area (Å²) < 4.78 is 10.5. The third-order valence-electron chi connectivity index (χ3n) is 5.82. The number of hydrogen-bond acceptors (Lipinski definition) is 4. The lowest BCUT2D eigenvalue weighted by atomic mass is 9.78. The van der Waals surface area contributed by atoms with Crippen molar-refractivity contribution in [3.05, 3.63) is 23.8 Å². The number of ether oxygens (including phenoxy) is 2. The van der Waals surface area contributed by atoms with Crippen LogP contribution in [0.1, 0.15) is 51.5 Å². The van der Waals surface area contributed by atoms with Crippen LogP contribution in [0.2, 0.25) is 0 Å². The van der Waals surface area contributed by atoms with Crippen molar-refractivity contribution in [2.24, 2.45) is 11.8 Å². The molecule has 1 fully saturated rings. The molecule has 6 nitrogen and oxygen atoms in total. The Morgan fingerprint density at radius 1 is 1.04 bits per heavy atom. The van der Waals surface area contributed by atoms with E-state index >= 15 is 0 Å². The van der Waals surface area contributed by atoms with Gasteiger partial charge in [-0.25, -0.2) is 0 Å². The van der Waals surface area contributed by atoms with Crippen LogP contribution in [0.4, 0.5) is 0 Å². The van der Waals surface area contributed by atoms with E-state index in [9.17, 15) is 9.59 Å². The van der Waals surface area contributed by atoms with E-state index in [4.69, 9.17) is 9.47 Å². The summed E-state index contributed by atoms with van der Waals surface area (Å²) in [6, 6.07) is 5.95. The SMILES string of the molecule is COc1ccc(CCNC(=O)CCC(=O)N[C@@H]2CCC[C@@H](C)[C@@H]2C)cc1OC. The van der Waals surface area contributed by atoms with Crippen LogP contribution < -0.4 is 20.1 Å². The smallest absolute Gasteiger partial charge is 0.220 e. The van der Waals surface area contributed by atoms with E-state index < -0.39 is 0 Å². The predicted octanol–water partition coefficient (Wildman–Crippen LogP) is 3.08. The molecule has 0 bridgehead atoms. The van der Waals surface area contributed by atoms with E-state index in [1.165, 1.54) is 6.42 Å². The fourth-order valence-electron chi connectivity index (χ4n) is 3.76. The van der Waals surface area contributed by atoms with Crippen molar-refractivity contribution in [1.82, 2.24) is 10.6 Å². The van der Waals surface area contributed by atoms with Gasteiger partial charge in [0.1, 0.15) is 0 Å². The number of methoxy groups -OCH3 is 2. The third kappa shape index (κ3) is 6.43. The van der Waals surface area contributed by atoms with Gasteiger partial charge in [0, 0.05) is 25.4 Å². The number of hydrogen-bond donors (Lipinski definition) is 2. The summed E-state index contributed by atoms with van der Waals surface area (Å²) in [5, 5.41) is 6.00. The second-order valence-electron chi connectivity index (χ2n) is 7.73. The van der Waals surface area contributed by atoms with Crippen molar-refractivity contribution in [1.29, 1.82) is 0 Å². The largest absolute Gasteiger partial charge is 0.493 e. The predicted molar refractivity (Wildman–Crippen MR) is 110 cm³/mol. The Morgan fingerprint density at radius 3 is 2.46 bits per heavy atom. The number of benzene rings is 1. The van der Waals surface area contributed by atoms with Gasteiger partial charge in [0.15, 0.2) is 11.5 Å². The van der Waals surface area contributed by atoms with Gasteiger partial charge in [-0.15, -0.1) is 0 Å². The van der Waals surface area contributed by atoms with Gasteiger partial charge in [0.05, 0.1) is 14.2 Å². The maximum Gasteiger partial charge on any atom is 0.220 e. The van der Waals surface area contributed by atoms with Gasteiger partial charge in [-0.1, -0.05) is 32.8 Å². The van der Waals surface area contributed by atoms with E-state index in [2.05, 4.69) is 24.5 Å². The Kier molecular flexibility index (Phi) is 8.61. The van der Waals surface area contributed by atoms with E-state index in [1.54, 1.807) is 14.2 Å². The van der Waals surface area contributed by atoms with Crippen LogP contribution in [-0.4, -0.2) is 38.6 Å². The van der Waals surface area contributed by atoms with Gasteiger partial charge in [-0.05, 0) is 42.4 Å². The first kappa shape index (κ1) is 22.1. The highest BCUT2D eigenvalue weighted by molar-refractivity contribution is 5.83. The molecule has 1 aromatic carbocycles. The van der Waals surface area contributed by atoms with Gasteiger partial charge in [-0.3, -0.25) is 9.59 Å². The molecule has 0 unspecified atom stereocenters. The van der Waals surface area contributed by atoms with E-state index in [0.717, 1.165) is 18.4 Å². The molecule has 28 heavy (non-hydrogen) atoms. The van der Waals surface area contributed by atoms with Crippen LogP contribution in [0.25, 0.3) is 0 Å². The number of rotatable bonds is 9. The molecule has 0 heterocycles. The maximum atomic E-state index is 12.2. The topological polar surface area (TPSA) is 76.7 Å². The summed E-state index contributed by atoms with van der Waals surface area (Å²) in [7, 11) is 3.20. The van der Waals surface area contributed by atoms with Crippen molar-refractivity contribution >= 4 is 11.8 Å². The Labute approximate surface area is 168 Å². The van der Waals surface area contributed by atoms with Crippen molar-refractivity contribution in [2.75, 3.05) is 20.8 Å². The first-order valence-corrected chi connectivity index (χ1v) is 10.2. The molecule has 2 N–H and O–H groups in total. The molecule has 2 amide bonds. The lowest BCUT2D eigenvalue weighted by Gasteiger charge is -2.34. The average Bonchev–Trinajstić information content (AvgIpc) is 2.69. The van der Waals surface area contributed by atoms with Gasteiger partial charge < -0.3 is 20.1 Å². The van der Waals surface area contributed by atoms with Crippen molar-refractivity contribution in [2.45, 2.75) is 58.4 Å². The van der Waals surface area contributed by atoms with Crippen LogP contribution in [0.3, 0.4) is 0 Å². The molecule has 0 saturated heterocycles. The number of amides is 2. The molecule has 6 heteroatoms. The fourth-order valence-corrected chi connectivity index (χ4v) is 3.76. The molecule has 0 radical (unpaired) electrons. The Morgan fingerprint density at radius 2 is 1.75 bits per heavy atom. The molecule has 0 aliphatic heterocycles. The highest BCUT2D eigenvalue weighted by Gasteiger charge is 2.28. The number of carbonyl (C=O) groups excluding carboxylic acids is 2. The van der Waals surface area contributed by atoms with Gasteiger partial charge in [0.2, 0.25) is 11.8 Å². The minimum atomic E-state index is -0.0966. The normalized spacial score (nSPS) is 21.6. The number of carbonyl (C=O) groups is 2. The monoisotopic (exact) mass is 390 g/mol. The summed E-state index contributed by atoms with van der Waals surface area (Å²) >= 11 is 0. The molecule has 1 aromatic rings. The number of nitrogens with one attached hydrogen (secondary N) is 2. The van der Waals surface area contributed by atoms with Crippen LogP contribution in [0.15, 0.2) is 18.2 Å². The lowest BCUT2D eigenvalue weighted by Crippen LogP contribution is -2.43. The van der Waals surface area contributed by atoms with Gasteiger partial charge in [0.25, 0.3) is 0 Å².